The number of hydrogen-bond acceptors (Lipinski definition) is 4. The second-order valence-electron chi connectivity index (χ2n) is 5.06. The molecule has 1 aromatic heterocycles. The van der Waals surface area contributed by atoms with Crippen molar-refractivity contribution in [2.24, 2.45) is 5.92 Å². The van der Waals surface area contributed by atoms with Gasteiger partial charge in [0.2, 0.25) is 0 Å². The number of aromatic nitrogens is 1. The van der Waals surface area contributed by atoms with E-state index < -0.39 is 4.92 Å². The van der Waals surface area contributed by atoms with E-state index >= 15 is 0 Å². The van der Waals surface area contributed by atoms with Gasteiger partial charge in [-0.05, 0) is 25.7 Å². The van der Waals surface area contributed by atoms with Crippen LogP contribution in [-0.4, -0.2) is 33.8 Å². The van der Waals surface area contributed by atoms with Gasteiger partial charge in [-0.1, -0.05) is 6.92 Å². The smallest absolute Gasteiger partial charge is 0.288 e. The predicted octanol–water partition coefficient (Wildman–Crippen LogP) is 2.17. The van der Waals surface area contributed by atoms with Crippen LogP contribution in [-0.2, 0) is 0 Å². The van der Waals surface area contributed by atoms with E-state index in [9.17, 15) is 14.9 Å². The second kappa shape index (κ2) is 5.34. The zero-order chi connectivity index (χ0) is 14.0. The molecular weight excluding hydrogens is 246 g/mol. The third-order valence-electron chi connectivity index (χ3n) is 3.58. The number of amides is 1. The average molecular weight is 263 g/mol. The minimum atomic E-state index is -0.526. The van der Waals surface area contributed by atoms with E-state index in [1.54, 1.807) is 11.8 Å². The van der Waals surface area contributed by atoms with Crippen molar-refractivity contribution in [3.63, 3.8) is 0 Å². The van der Waals surface area contributed by atoms with Gasteiger partial charge in [-0.3, -0.25) is 19.9 Å². The van der Waals surface area contributed by atoms with Crippen molar-refractivity contribution in [2.45, 2.75) is 26.7 Å². The van der Waals surface area contributed by atoms with Crippen LogP contribution >= 0.6 is 0 Å². The molecule has 2 heterocycles. The molecule has 1 fully saturated rings. The quantitative estimate of drug-likeness (QED) is 0.605. The SMILES string of the molecule is Cc1ncc([N+](=O)[O-])cc1C(=O)N1CCC(C)CC1. The van der Waals surface area contributed by atoms with E-state index in [-0.39, 0.29) is 11.6 Å². The van der Waals surface area contributed by atoms with Crippen molar-refractivity contribution in [2.75, 3.05) is 13.1 Å². The Kier molecular flexibility index (Phi) is 3.78. The number of carbonyl (C=O) groups excluding carboxylic acids is 1. The Bertz CT molecular complexity index is 508. The lowest BCUT2D eigenvalue weighted by molar-refractivity contribution is -0.385. The first-order valence-corrected chi connectivity index (χ1v) is 6.39. The molecule has 1 aliphatic rings. The van der Waals surface area contributed by atoms with Gasteiger partial charge < -0.3 is 4.90 Å². The highest BCUT2D eigenvalue weighted by Crippen LogP contribution is 2.21. The third-order valence-corrected chi connectivity index (χ3v) is 3.58. The molecule has 1 aliphatic heterocycles. The Labute approximate surface area is 111 Å². The molecule has 0 saturated carbocycles. The van der Waals surface area contributed by atoms with Crippen LogP contribution in [0.25, 0.3) is 0 Å². The molecule has 0 N–H and O–H groups in total. The van der Waals surface area contributed by atoms with Crippen molar-refractivity contribution in [3.05, 3.63) is 33.6 Å². The molecule has 0 aromatic carbocycles. The van der Waals surface area contributed by atoms with E-state index in [4.69, 9.17) is 0 Å². The molecule has 0 bridgehead atoms. The van der Waals surface area contributed by atoms with Crippen LogP contribution in [0.2, 0.25) is 0 Å². The Morgan fingerprint density at radius 1 is 1.47 bits per heavy atom. The van der Waals surface area contributed by atoms with Gasteiger partial charge in [0.25, 0.3) is 11.6 Å². The highest BCUT2D eigenvalue weighted by atomic mass is 16.6. The molecule has 102 valence electrons. The highest BCUT2D eigenvalue weighted by molar-refractivity contribution is 5.95. The van der Waals surface area contributed by atoms with E-state index in [0.29, 0.717) is 30.3 Å². The van der Waals surface area contributed by atoms with Crippen molar-refractivity contribution < 1.29 is 9.72 Å². The summed E-state index contributed by atoms with van der Waals surface area (Å²) in [6.45, 7) is 5.29. The monoisotopic (exact) mass is 263 g/mol. The van der Waals surface area contributed by atoms with Gasteiger partial charge in [-0.2, -0.15) is 0 Å². The van der Waals surface area contributed by atoms with Crippen molar-refractivity contribution in [3.8, 4) is 0 Å². The number of pyridine rings is 1. The lowest BCUT2D eigenvalue weighted by atomic mass is 9.98. The molecule has 0 aliphatic carbocycles. The first-order chi connectivity index (χ1) is 8.99. The molecule has 0 atom stereocenters. The Morgan fingerprint density at radius 3 is 2.68 bits per heavy atom. The van der Waals surface area contributed by atoms with Crippen LogP contribution in [0.4, 0.5) is 5.69 Å². The molecule has 0 spiro atoms. The van der Waals surface area contributed by atoms with Crippen molar-refractivity contribution in [1.29, 1.82) is 0 Å². The fraction of sp³-hybridized carbons (Fsp3) is 0.538. The number of hydrogen-bond donors (Lipinski definition) is 0. The predicted molar refractivity (Wildman–Crippen MR) is 69.9 cm³/mol. The Hall–Kier alpha value is -1.98. The fourth-order valence-electron chi connectivity index (χ4n) is 2.22. The molecule has 1 amide bonds. The van der Waals surface area contributed by atoms with Gasteiger partial charge in [0.1, 0.15) is 6.20 Å². The number of nitrogens with zero attached hydrogens (tertiary/aromatic N) is 3. The standard InChI is InChI=1S/C13H17N3O3/c1-9-3-5-15(6-4-9)13(17)12-7-11(16(18)19)8-14-10(12)2/h7-9H,3-6H2,1-2H3. The summed E-state index contributed by atoms with van der Waals surface area (Å²) >= 11 is 0. The molecule has 19 heavy (non-hydrogen) atoms. The first kappa shape index (κ1) is 13.5. The van der Waals surface area contributed by atoms with Crippen LogP contribution in [0.15, 0.2) is 12.3 Å². The summed E-state index contributed by atoms with van der Waals surface area (Å²) in [6, 6.07) is 1.32. The first-order valence-electron chi connectivity index (χ1n) is 6.39. The Balaban J connectivity index is 2.23. The van der Waals surface area contributed by atoms with E-state index in [0.717, 1.165) is 12.8 Å². The van der Waals surface area contributed by atoms with Gasteiger partial charge in [-0.25, -0.2) is 0 Å². The molecular formula is C13H17N3O3. The fourth-order valence-corrected chi connectivity index (χ4v) is 2.22. The number of likely N-dealkylation sites (tertiary alicyclic amines) is 1. The zero-order valence-electron chi connectivity index (χ0n) is 11.1. The maximum Gasteiger partial charge on any atom is 0.288 e. The zero-order valence-corrected chi connectivity index (χ0v) is 11.1. The Morgan fingerprint density at radius 2 is 2.11 bits per heavy atom. The maximum atomic E-state index is 12.4. The average Bonchev–Trinajstić information content (AvgIpc) is 2.39. The summed E-state index contributed by atoms with van der Waals surface area (Å²) in [6.07, 6.45) is 3.14. The summed E-state index contributed by atoms with van der Waals surface area (Å²) < 4.78 is 0. The van der Waals surface area contributed by atoms with Crippen LogP contribution < -0.4 is 0 Å². The lowest BCUT2D eigenvalue weighted by Gasteiger charge is -2.30. The van der Waals surface area contributed by atoms with Crippen molar-refractivity contribution >= 4 is 11.6 Å². The number of aryl methyl sites for hydroxylation is 1. The van der Waals surface area contributed by atoms with Crippen LogP contribution in [0.1, 0.15) is 35.8 Å². The summed E-state index contributed by atoms with van der Waals surface area (Å²) in [5, 5.41) is 10.7. The summed E-state index contributed by atoms with van der Waals surface area (Å²) in [7, 11) is 0. The van der Waals surface area contributed by atoms with Gasteiger partial charge in [-0.15, -0.1) is 0 Å². The van der Waals surface area contributed by atoms with Crippen LogP contribution in [0.5, 0.6) is 0 Å². The minimum absolute atomic E-state index is 0.140. The molecule has 0 unspecified atom stereocenters. The van der Waals surface area contributed by atoms with E-state index in [2.05, 4.69) is 11.9 Å². The highest BCUT2D eigenvalue weighted by Gasteiger charge is 2.24. The van der Waals surface area contributed by atoms with Gasteiger partial charge in [0.05, 0.1) is 16.2 Å². The summed E-state index contributed by atoms with van der Waals surface area (Å²) in [5.41, 5.74) is 0.734. The number of carbonyl (C=O) groups is 1. The molecule has 6 nitrogen and oxygen atoms in total. The molecule has 1 saturated heterocycles. The number of rotatable bonds is 2. The lowest BCUT2D eigenvalue weighted by Crippen LogP contribution is -2.38. The van der Waals surface area contributed by atoms with E-state index in [1.165, 1.54) is 12.3 Å². The largest absolute Gasteiger partial charge is 0.339 e. The van der Waals surface area contributed by atoms with E-state index in [1.807, 2.05) is 0 Å². The van der Waals surface area contributed by atoms with Gasteiger partial charge in [0.15, 0.2) is 0 Å². The van der Waals surface area contributed by atoms with Crippen LogP contribution in [0, 0.1) is 23.0 Å². The molecule has 6 heteroatoms. The summed E-state index contributed by atoms with van der Waals surface area (Å²) in [4.78, 5) is 28.3. The number of piperidine rings is 1. The second-order valence-corrected chi connectivity index (χ2v) is 5.06. The number of nitro groups is 1. The van der Waals surface area contributed by atoms with Crippen LogP contribution in [0.3, 0.4) is 0 Å². The maximum absolute atomic E-state index is 12.4. The van der Waals surface area contributed by atoms with Crippen molar-refractivity contribution in [1.82, 2.24) is 9.88 Å². The molecule has 0 radical (unpaired) electrons. The summed E-state index contributed by atoms with van der Waals surface area (Å²) in [5.74, 6) is 0.481. The normalized spacial score (nSPS) is 16.4. The minimum Gasteiger partial charge on any atom is -0.339 e. The topological polar surface area (TPSA) is 76.3 Å². The third kappa shape index (κ3) is 2.89. The van der Waals surface area contributed by atoms with Gasteiger partial charge in [0, 0.05) is 19.2 Å². The molecule has 1 aromatic rings. The molecule has 2 rings (SSSR count). The van der Waals surface area contributed by atoms with Gasteiger partial charge >= 0.3 is 0 Å².